The summed E-state index contributed by atoms with van der Waals surface area (Å²) in [5, 5.41) is 9.28. The van der Waals surface area contributed by atoms with Gasteiger partial charge in [-0.3, -0.25) is 0 Å². The second-order valence-electron chi connectivity index (χ2n) is 3.36. The molecule has 2 nitrogen and oxygen atoms in total. The molecule has 0 radical (unpaired) electrons. The van der Waals surface area contributed by atoms with E-state index in [-0.39, 0.29) is 11.3 Å². The van der Waals surface area contributed by atoms with Crippen LogP contribution < -0.4 is 4.90 Å². The van der Waals surface area contributed by atoms with Gasteiger partial charge in [0, 0.05) is 19.7 Å². The van der Waals surface area contributed by atoms with Crippen molar-refractivity contribution in [3.05, 3.63) is 29.3 Å². The molecule has 0 aromatic heterocycles. The van der Waals surface area contributed by atoms with Crippen molar-refractivity contribution in [2.75, 3.05) is 25.7 Å². The van der Waals surface area contributed by atoms with Crippen molar-refractivity contribution in [2.24, 2.45) is 0 Å². The van der Waals surface area contributed by atoms with Gasteiger partial charge < -0.3 is 10.0 Å². The maximum Gasteiger partial charge on any atom is 0.182 e. The number of aliphatic hydroxyl groups excluding tert-OH is 1. The van der Waals surface area contributed by atoms with Crippen LogP contribution in [0.25, 0.3) is 0 Å². The van der Waals surface area contributed by atoms with Crippen LogP contribution in [0.15, 0.2) is 12.1 Å². The molecule has 0 aliphatic rings. The highest BCUT2D eigenvalue weighted by molar-refractivity contribution is 5.55. The number of halogens is 3. The molecule has 0 heterocycles. The zero-order valence-corrected chi connectivity index (χ0v) is 8.47. The second kappa shape index (κ2) is 4.53. The quantitative estimate of drug-likeness (QED) is 0.840. The van der Waals surface area contributed by atoms with Crippen LogP contribution in [-0.4, -0.2) is 25.9 Å². The molecule has 1 unspecified atom stereocenters. The molecule has 1 aromatic carbocycles. The van der Waals surface area contributed by atoms with E-state index >= 15 is 0 Å². The molecule has 1 N–H and O–H groups in total. The summed E-state index contributed by atoms with van der Waals surface area (Å²) in [5.74, 6) is -2.10. The first-order chi connectivity index (χ1) is 6.99. The van der Waals surface area contributed by atoms with Gasteiger partial charge >= 0.3 is 0 Å². The molecular weight excluding hydrogens is 207 g/mol. The Labute approximate surface area is 85.9 Å². The Balaban J connectivity index is 3.33. The van der Waals surface area contributed by atoms with Gasteiger partial charge in [0.1, 0.15) is 12.8 Å². The van der Waals surface area contributed by atoms with Crippen molar-refractivity contribution >= 4 is 5.69 Å². The van der Waals surface area contributed by atoms with Gasteiger partial charge in [0.15, 0.2) is 11.6 Å². The van der Waals surface area contributed by atoms with Gasteiger partial charge in [-0.05, 0) is 6.07 Å². The average molecular weight is 219 g/mol. The summed E-state index contributed by atoms with van der Waals surface area (Å²) in [7, 11) is 2.98. The van der Waals surface area contributed by atoms with Crippen LogP contribution in [0.4, 0.5) is 18.9 Å². The van der Waals surface area contributed by atoms with Crippen molar-refractivity contribution in [2.45, 2.75) is 6.10 Å². The first-order valence-electron chi connectivity index (χ1n) is 4.38. The van der Waals surface area contributed by atoms with E-state index in [9.17, 15) is 18.3 Å². The van der Waals surface area contributed by atoms with Gasteiger partial charge in [0.05, 0.1) is 5.69 Å². The molecule has 0 bridgehead atoms. The SMILES string of the molecule is CN(C)c1c(C(O)CF)ccc(F)c1F. The second-order valence-corrected chi connectivity index (χ2v) is 3.36. The summed E-state index contributed by atoms with van der Waals surface area (Å²) in [4.78, 5) is 1.30. The Morgan fingerprint density at radius 1 is 1.33 bits per heavy atom. The van der Waals surface area contributed by atoms with E-state index in [0.29, 0.717) is 0 Å². The Morgan fingerprint density at radius 3 is 2.40 bits per heavy atom. The number of anilines is 1. The Bertz CT molecular complexity index is 355. The maximum absolute atomic E-state index is 13.4. The summed E-state index contributed by atoms with van der Waals surface area (Å²) >= 11 is 0. The molecule has 0 amide bonds. The number of alkyl halides is 1. The Hall–Kier alpha value is -1.23. The molecular formula is C10H12F3NO. The van der Waals surface area contributed by atoms with E-state index in [4.69, 9.17) is 0 Å². The molecule has 1 aromatic rings. The molecule has 0 saturated heterocycles. The highest BCUT2D eigenvalue weighted by Gasteiger charge is 2.20. The topological polar surface area (TPSA) is 23.5 Å². The summed E-state index contributed by atoms with van der Waals surface area (Å²) in [6.07, 6.45) is -1.43. The van der Waals surface area contributed by atoms with Crippen molar-refractivity contribution in [3.63, 3.8) is 0 Å². The van der Waals surface area contributed by atoms with E-state index in [1.807, 2.05) is 0 Å². The number of hydrogen-bond acceptors (Lipinski definition) is 2. The van der Waals surface area contributed by atoms with Gasteiger partial charge in [0.2, 0.25) is 0 Å². The van der Waals surface area contributed by atoms with E-state index in [0.717, 1.165) is 6.07 Å². The van der Waals surface area contributed by atoms with Crippen LogP contribution in [0, 0.1) is 11.6 Å². The predicted octanol–water partition coefficient (Wildman–Crippen LogP) is 2.03. The van der Waals surface area contributed by atoms with Crippen molar-refractivity contribution in [3.8, 4) is 0 Å². The van der Waals surface area contributed by atoms with E-state index in [2.05, 4.69) is 0 Å². The molecule has 0 aliphatic heterocycles. The molecule has 1 atom stereocenters. The minimum absolute atomic E-state index is 0.0430. The highest BCUT2D eigenvalue weighted by atomic mass is 19.2. The van der Waals surface area contributed by atoms with Crippen molar-refractivity contribution < 1.29 is 18.3 Å². The molecule has 15 heavy (non-hydrogen) atoms. The molecule has 0 fully saturated rings. The van der Waals surface area contributed by atoms with Gasteiger partial charge in [0.25, 0.3) is 0 Å². The summed E-state index contributed by atoms with van der Waals surface area (Å²) < 4.78 is 38.5. The third kappa shape index (κ3) is 2.23. The minimum Gasteiger partial charge on any atom is -0.386 e. The summed E-state index contributed by atoms with van der Waals surface area (Å²) in [6, 6.07) is 2.05. The molecule has 0 spiro atoms. The lowest BCUT2D eigenvalue weighted by molar-refractivity contribution is 0.141. The zero-order chi connectivity index (χ0) is 11.6. The first kappa shape index (κ1) is 11.8. The van der Waals surface area contributed by atoms with E-state index < -0.39 is 24.4 Å². The zero-order valence-electron chi connectivity index (χ0n) is 8.47. The number of aliphatic hydroxyl groups is 1. The molecule has 1 rings (SSSR count). The van der Waals surface area contributed by atoms with Gasteiger partial charge in [-0.25, -0.2) is 13.2 Å². The van der Waals surface area contributed by atoms with Crippen LogP contribution >= 0.6 is 0 Å². The smallest absolute Gasteiger partial charge is 0.182 e. The van der Waals surface area contributed by atoms with Gasteiger partial charge in [-0.15, -0.1) is 0 Å². The van der Waals surface area contributed by atoms with E-state index in [1.165, 1.54) is 25.1 Å². The van der Waals surface area contributed by atoms with Crippen molar-refractivity contribution in [1.82, 2.24) is 0 Å². The van der Waals surface area contributed by atoms with Crippen LogP contribution in [0.3, 0.4) is 0 Å². The standard InChI is InChI=1S/C10H12F3NO/c1-14(2)10-6(8(15)5-11)3-4-7(12)9(10)13/h3-4,8,15H,5H2,1-2H3. The number of hydrogen-bond donors (Lipinski definition) is 1. The predicted molar refractivity (Wildman–Crippen MR) is 51.6 cm³/mol. The maximum atomic E-state index is 13.4. The fraction of sp³-hybridized carbons (Fsp3) is 0.400. The fourth-order valence-corrected chi connectivity index (χ4v) is 1.36. The first-order valence-corrected chi connectivity index (χ1v) is 4.38. The van der Waals surface area contributed by atoms with Gasteiger partial charge in [-0.2, -0.15) is 0 Å². The number of nitrogens with zero attached hydrogens (tertiary/aromatic N) is 1. The minimum atomic E-state index is -1.43. The van der Waals surface area contributed by atoms with Crippen LogP contribution in [-0.2, 0) is 0 Å². The molecule has 0 saturated carbocycles. The third-order valence-electron chi connectivity index (χ3n) is 2.05. The third-order valence-corrected chi connectivity index (χ3v) is 2.05. The molecule has 0 aliphatic carbocycles. The number of benzene rings is 1. The lowest BCUT2D eigenvalue weighted by atomic mass is 10.1. The largest absolute Gasteiger partial charge is 0.386 e. The number of rotatable bonds is 3. The van der Waals surface area contributed by atoms with Crippen LogP contribution in [0.5, 0.6) is 0 Å². The fourth-order valence-electron chi connectivity index (χ4n) is 1.36. The molecule has 5 heteroatoms. The van der Waals surface area contributed by atoms with Crippen LogP contribution in [0.1, 0.15) is 11.7 Å². The molecule has 84 valence electrons. The van der Waals surface area contributed by atoms with Gasteiger partial charge in [-0.1, -0.05) is 6.07 Å². The monoisotopic (exact) mass is 219 g/mol. The Kier molecular flexibility index (Phi) is 3.57. The van der Waals surface area contributed by atoms with Crippen molar-refractivity contribution in [1.29, 1.82) is 0 Å². The summed E-state index contributed by atoms with van der Waals surface area (Å²) in [5.41, 5.74) is -0.0819. The lowest BCUT2D eigenvalue weighted by Crippen LogP contribution is -2.16. The average Bonchev–Trinajstić information content (AvgIpc) is 2.20. The normalized spacial score (nSPS) is 12.7. The van der Waals surface area contributed by atoms with Crippen LogP contribution in [0.2, 0.25) is 0 Å². The summed E-state index contributed by atoms with van der Waals surface area (Å²) in [6.45, 7) is -1.04. The van der Waals surface area contributed by atoms with E-state index in [1.54, 1.807) is 0 Å². The highest BCUT2D eigenvalue weighted by Crippen LogP contribution is 2.29. The Morgan fingerprint density at radius 2 is 1.93 bits per heavy atom. The lowest BCUT2D eigenvalue weighted by Gasteiger charge is -2.20.